The van der Waals surface area contributed by atoms with Gasteiger partial charge >= 0.3 is 0 Å². The van der Waals surface area contributed by atoms with E-state index in [9.17, 15) is 9.90 Å². The predicted molar refractivity (Wildman–Crippen MR) is 63.0 cm³/mol. The first-order valence-electron chi connectivity index (χ1n) is 4.96. The van der Waals surface area contributed by atoms with Gasteiger partial charge in [0.2, 0.25) is 0 Å². The van der Waals surface area contributed by atoms with Crippen LogP contribution in [0.3, 0.4) is 0 Å². The first-order valence-corrected chi connectivity index (χ1v) is 4.96. The van der Waals surface area contributed by atoms with Crippen LogP contribution in [-0.4, -0.2) is 16.1 Å². The molecule has 2 aromatic carbocycles. The Balaban J connectivity index is 2.17. The molecule has 0 aliphatic carbocycles. The predicted octanol–water partition coefficient (Wildman–Crippen LogP) is 2.15. The zero-order valence-corrected chi connectivity index (χ0v) is 8.84. The summed E-state index contributed by atoms with van der Waals surface area (Å²) in [5.41, 5.74) is 0.691. The second kappa shape index (κ2) is 4.57. The van der Waals surface area contributed by atoms with E-state index < -0.39 is 0 Å². The Morgan fingerprint density at radius 1 is 1.12 bits per heavy atom. The summed E-state index contributed by atoms with van der Waals surface area (Å²) < 4.78 is 0. The maximum Gasteiger partial charge on any atom is 0.255 e. The maximum atomic E-state index is 11.8. The van der Waals surface area contributed by atoms with Gasteiger partial charge in [0.05, 0.1) is 5.69 Å². The van der Waals surface area contributed by atoms with Crippen LogP contribution < -0.4 is 5.32 Å². The molecule has 0 unspecified atom stereocenters. The van der Waals surface area contributed by atoms with Gasteiger partial charge in [-0.05, 0) is 42.5 Å². The molecule has 2 aromatic rings. The molecule has 0 aliphatic heterocycles. The average molecular weight is 228 g/mol. The van der Waals surface area contributed by atoms with Gasteiger partial charge in [0.15, 0.2) is 0 Å². The maximum absolute atomic E-state index is 11.8. The molecule has 1 amide bonds. The SMILES string of the molecule is O=C(Nc1c[c]ccc1O)c1ccc(O)cc1. The van der Waals surface area contributed by atoms with E-state index in [2.05, 4.69) is 11.4 Å². The molecule has 4 nitrogen and oxygen atoms in total. The van der Waals surface area contributed by atoms with E-state index in [1.807, 2.05) is 0 Å². The number of carbonyl (C=O) groups excluding carboxylic acids is 1. The summed E-state index contributed by atoms with van der Waals surface area (Å²) in [6.45, 7) is 0. The first-order chi connectivity index (χ1) is 8.16. The van der Waals surface area contributed by atoms with Crippen molar-refractivity contribution in [3.05, 3.63) is 54.1 Å². The van der Waals surface area contributed by atoms with E-state index in [1.165, 1.54) is 36.4 Å². The third-order valence-corrected chi connectivity index (χ3v) is 2.22. The highest BCUT2D eigenvalue weighted by Gasteiger charge is 2.08. The third-order valence-electron chi connectivity index (χ3n) is 2.22. The molecule has 0 saturated heterocycles. The van der Waals surface area contributed by atoms with Crippen molar-refractivity contribution in [1.29, 1.82) is 0 Å². The summed E-state index contributed by atoms with van der Waals surface area (Å²) >= 11 is 0. The number of anilines is 1. The molecule has 2 rings (SSSR count). The normalized spacial score (nSPS) is 9.88. The van der Waals surface area contributed by atoms with Gasteiger partial charge in [0, 0.05) is 5.56 Å². The van der Waals surface area contributed by atoms with E-state index in [-0.39, 0.29) is 17.4 Å². The number of rotatable bonds is 2. The van der Waals surface area contributed by atoms with Crippen molar-refractivity contribution in [2.24, 2.45) is 0 Å². The summed E-state index contributed by atoms with van der Waals surface area (Å²) in [5.74, 6) is -0.284. The highest BCUT2D eigenvalue weighted by Crippen LogP contribution is 2.22. The van der Waals surface area contributed by atoms with Crippen LogP contribution in [0.2, 0.25) is 0 Å². The number of nitrogens with one attached hydrogen (secondary N) is 1. The summed E-state index contributed by atoms with van der Waals surface area (Å²) in [5, 5.41) is 21.1. The Labute approximate surface area is 98.2 Å². The molecule has 0 bridgehead atoms. The highest BCUT2D eigenvalue weighted by molar-refractivity contribution is 6.05. The first kappa shape index (κ1) is 11.0. The lowest BCUT2D eigenvalue weighted by molar-refractivity contribution is 0.102. The number of phenolic OH excluding ortho intramolecular Hbond substituents is 2. The Hall–Kier alpha value is -2.49. The topological polar surface area (TPSA) is 69.6 Å². The van der Waals surface area contributed by atoms with Gasteiger partial charge in [-0.3, -0.25) is 4.79 Å². The number of benzene rings is 2. The van der Waals surface area contributed by atoms with Crippen molar-refractivity contribution in [2.45, 2.75) is 0 Å². The van der Waals surface area contributed by atoms with Gasteiger partial charge in [-0.1, -0.05) is 6.07 Å². The van der Waals surface area contributed by atoms with Gasteiger partial charge in [0.1, 0.15) is 11.5 Å². The standard InChI is InChI=1S/C13H10NO3/c15-10-7-5-9(6-8-10)13(17)14-11-3-1-2-4-12(11)16/h2-8,15-16H,(H,14,17). The molecule has 0 aromatic heterocycles. The summed E-state index contributed by atoms with van der Waals surface area (Å²) in [4.78, 5) is 11.8. The van der Waals surface area contributed by atoms with Crippen LogP contribution in [-0.2, 0) is 0 Å². The van der Waals surface area contributed by atoms with Gasteiger partial charge in [-0.2, -0.15) is 0 Å². The lowest BCUT2D eigenvalue weighted by Crippen LogP contribution is -2.11. The zero-order chi connectivity index (χ0) is 12.3. The zero-order valence-electron chi connectivity index (χ0n) is 8.84. The van der Waals surface area contributed by atoms with Crippen LogP contribution in [0.5, 0.6) is 11.5 Å². The minimum atomic E-state index is -0.361. The molecule has 0 heterocycles. The van der Waals surface area contributed by atoms with E-state index in [0.717, 1.165) is 0 Å². The van der Waals surface area contributed by atoms with E-state index in [4.69, 9.17) is 5.11 Å². The minimum Gasteiger partial charge on any atom is -0.508 e. The number of amides is 1. The summed E-state index contributed by atoms with van der Waals surface area (Å²) in [6.07, 6.45) is 0. The van der Waals surface area contributed by atoms with Crippen LogP contribution >= 0.6 is 0 Å². The Bertz CT molecular complexity index is 535. The molecule has 1 radical (unpaired) electrons. The van der Waals surface area contributed by atoms with Crippen LogP contribution in [0.15, 0.2) is 42.5 Å². The lowest BCUT2D eigenvalue weighted by Gasteiger charge is -2.06. The fraction of sp³-hybridized carbons (Fsp3) is 0. The molecular formula is C13H10NO3. The molecule has 0 aliphatic rings. The number of hydrogen-bond acceptors (Lipinski definition) is 3. The Morgan fingerprint density at radius 2 is 1.82 bits per heavy atom. The quantitative estimate of drug-likeness (QED) is 0.690. The largest absolute Gasteiger partial charge is 0.508 e. The second-order valence-corrected chi connectivity index (χ2v) is 3.44. The highest BCUT2D eigenvalue weighted by atomic mass is 16.3. The van der Waals surface area contributed by atoms with Crippen LogP contribution in [0.4, 0.5) is 5.69 Å². The van der Waals surface area contributed by atoms with Crippen LogP contribution in [0.25, 0.3) is 0 Å². The van der Waals surface area contributed by atoms with Gasteiger partial charge < -0.3 is 15.5 Å². The van der Waals surface area contributed by atoms with Crippen LogP contribution in [0.1, 0.15) is 10.4 Å². The third kappa shape index (κ3) is 2.55. The lowest BCUT2D eigenvalue weighted by atomic mass is 10.2. The monoisotopic (exact) mass is 228 g/mol. The summed E-state index contributed by atoms with van der Waals surface area (Å²) in [6, 6.07) is 13.1. The van der Waals surface area contributed by atoms with Gasteiger partial charge in [-0.15, -0.1) is 0 Å². The number of phenols is 2. The van der Waals surface area contributed by atoms with Crippen LogP contribution in [0, 0.1) is 6.07 Å². The fourth-order valence-corrected chi connectivity index (χ4v) is 1.33. The molecular weight excluding hydrogens is 218 g/mol. The van der Waals surface area contributed by atoms with Crippen molar-refractivity contribution >= 4 is 11.6 Å². The van der Waals surface area contributed by atoms with Crippen molar-refractivity contribution in [3.8, 4) is 11.5 Å². The van der Waals surface area contributed by atoms with Crippen molar-refractivity contribution in [3.63, 3.8) is 0 Å². The second-order valence-electron chi connectivity index (χ2n) is 3.44. The molecule has 85 valence electrons. The average Bonchev–Trinajstić information content (AvgIpc) is 2.33. The van der Waals surface area contributed by atoms with Gasteiger partial charge in [0.25, 0.3) is 5.91 Å². The molecule has 0 saturated carbocycles. The number of aromatic hydroxyl groups is 2. The van der Waals surface area contributed by atoms with E-state index in [1.54, 1.807) is 6.07 Å². The molecule has 0 fully saturated rings. The molecule has 0 spiro atoms. The molecule has 0 atom stereocenters. The Kier molecular flexibility index (Phi) is 2.96. The number of hydrogen-bond donors (Lipinski definition) is 3. The van der Waals surface area contributed by atoms with Gasteiger partial charge in [-0.25, -0.2) is 0 Å². The van der Waals surface area contributed by atoms with Crippen molar-refractivity contribution in [2.75, 3.05) is 5.32 Å². The van der Waals surface area contributed by atoms with E-state index in [0.29, 0.717) is 11.3 Å². The smallest absolute Gasteiger partial charge is 0.255 e. The van der Waals surface area contributed by atoms with E-state index >= 15 is 0 Å². The van der Waals surface area contributed by atoms with Crippen molar-refractivity contribution in [1.82, 2.24) is 0 Å². The molecule has 17 heavy (non-hydrogen) atoms. The fourth-order valence-electron chi connectivity index (χ4n) is 1.33. The molecule has 3 N–H and O–H groups in total. The van der Waals surface area contributed by atoms with Crippen molar-refractivity contribution < 1.29 is 15.0 Å². The number of carbonyl (C=O) groups is 1. The summed E-state index contributed by atoms with van der Waals surface area (Å²) in [7, 11) is 0. The Morgan fingerprint density at radius 3 is 2.47 bits per heavy atom. The molecule has 4 heteroatoms. The minimum absolute atomic E-state index is 0.0177.